The van der Waals surface area contributed by atoms with Crippen molar-refractivity contribution in [2.24, 2.45) is 0 Å². The number of nitrogens with zero attached hydrogens (tertiary/aromatic N) is 2. The summed E-state index contributed by atoms with van der Waals surface area (Å²) in [6.07, 6.45) is 3.50. The van der Waals surface area contributed by atoms with Gasteiger partial charge in [0, 0.05) is 26.7 Å². The lowest BCUT2D eigenvalue weighted by Gasteiger charge is -2.29. The number of carbonyl (C=O) groups excluding carboxylic acids is 1. The van der Waals surface area contributed by atoms with E-state index in [2.05, 4.69) is 20.8 Å². The van der Waals surface area contributed by atoms with Gasteiger partial charge in [0.05, 0.1) is 0 Å². The number of amides is 2. The van der Waals surface area contributed by atoms with Crippen LogP contribution in [0.15, 0.2) is 0 Å². The molecule has 14 heavy (non-hydrogen) atoms. The van der Waals surface area contributed by atoms with Gasteiger partial charge in [0.1, 0.15) is 0 Å². The monoisotopic (exact) mass is 200 g/mol. The molecular weight excluding hydrogens is 176 g/mol. The number of urea groups is 1. The molecule has 0 unspecified atom stereocenters. The van der Waals surface area contributed by atoms with Gasteiger partial charge >= 0.3 is 6.03 Å². The van der Waals surface area contributed by atoms with Crippen LogP contribution in [-0.2, 0) is 0 Å². The zero-order chi connectivity index (χ0) is 11.1. The van der Waals surface area contributed by atoms with E-state index >= 15 is 0 Å². The third-order valence-corrected chi connectivity index (χ3v) is 2.25. The van der Waals surface area contributed by atoms with Crippen LogP contribution in [0.25, 0.3) is 0 Å². The smallest absolute Gasteiger partial charge is 0.319 e. The molecule has 0 aliphatic carbocycles. The fraction of sp³-hybridized carbons (Fsp3) is 0.909. The van der Waals surface area contributed by atoms with Crippen molar-refractivity contribution in [2.75, 3.05) is 20.6 Å². The average molecular weight is 200 g/mol. The second-order valence-electron chi connectivity index (χ2n) is 4.17. The first kappa shape index (κ1) is 13.3. The Morgan fingerprint density at radius 3 is 2.14 bits per heavy atom. The highest BCUT2D eigenvalue weighted by Crippen LogP contribution is 2.05. The van der Waals surface area contributed by atoms with E-state index in [1.54, 1.807) is 19.0 Å². The minimum absolute atomic E-state index is 0.121. The van der Waals surface area contributed by atoms with Crippen LogP contribution in [0, 0.1) is 0 Å². The predicted molar refractivity (Wildman–Crippen MR) is 60.5 cm³/mol. The van der Waals surface area contributed by atoms with Gasteiger partial charge in [-0.15, -0.1) is 0 Å². The summed E-state index contributed by atoms with van der Waals surface area (Å²) in [5.74, 6) is 0. The Hall–Kier alpha value is -0.730. The van der Waals surface area contributed by atoms with E-state index in [1.165, 1.54) is 12.8 Å². The third-order valence-electron chi connectivity index (χ3n) is 2.25. The van der Waals surface area contributed by atoms with Gasteiger partial charge in [-0.2, -0.15) is 0 Å². The van der Waals surface area contributed by atoms with E-state index in [9.17, 15) is 4.79 Å². The Balaban J connectivity index is 4.09. The maximum absolute atomic E-state index is 11.7. The summed E-state index contributed by atoms with van der Waals surface area (Å²) < 4.78 is 0. The lowest BCUT2D eigenvalue weighted by molar-refractivity contribution is 0.156. The maximum Gasteiger partial charge on any atom is 0.319 e. The highest BCUT2D eigenvalue weighted by Gasteiger charge is 2.17. The zero-order valence-corrected chi connectivity index (χ0v) is 10.2. The summed E-state index contributed by atoms with van der Waals surface area (Å²) in [5, 5.41) is 0. The highest BCUT2D eigenvalue weighted by atomic mass is 16.2. The minimum atomic E-state index is 0.121. The van der Waals surface area contributed by atoms with E-state index < -0.39 is 0 Å². The topological polar surface area (TPSA) is 23.6 Å². The molecule has 0 aromatic rings. The van der Waals surface area contributed by atoms with E-state index in [-0.39, 0.29) is 6.03 Å². The Labute approximate surface area is 88.1 Å². The molecule has 0 saturated carbocycles. The molecule has 0 fully saturated rings. The van der Waals surface area contributed by atoms with Gasteiger partial charge < -0.3 is 9.80 Å². The lowest BCUT2D eigenvalue weighted by Crippen LogP contribution is -2.43. The van der Waals surface area contributed by atoms with Gasteiger partial charge in [-0.05, 0) is 20.3 Å². The van der Waals surface area contributed by atoms with E-state index in [0.717, 1.165) is 13.0 Å². The van der Waals surface area contributed by atoms with Gasteiger partial charge in [0.15, 0.2) is 0 Å². The van der Waals surface area contributed by atoms with Crippen LogP contribution in [0.4, 0.5) is 4.79 Å². The van der Waals surface area contributed by atoms with Crippen LogP contribution >= 0.6 is 0 Å². The average Bonchev–Trinajstić information content (AvgIpc) is 2.10. The van der Waals surface area contributed by atoms with Crippen molar-refractivity contribution in [1.82, 2.24) is 9.80 Å². The first-order valence-corrected chi connectivity index (χ1v) is 5.48. The third kappa shape index (κ3) is 4.49. The van der Waals surface area contributed by atoms with Crippen LogP contribution < -0.4 is 0 Å². The molecule has 0 spiro atoms. The SMILES string of the molecule is CCCCCN(C(=O)N(C)C)C(C)C. The van der Waals surface area contributed by atoms with E-state index in [4.69, 9.17) is 0 Å². The molecule has 0 bridgehead atoms. The molecule has 0 aromatic heterocycles. The first-order valence-electron chi connectivity index (χ1n) is 5.48. The normalized spacial score (nSPS) is 10.4. The molecule has 2 amide bonds. The van der Waals surface area contributed by atoms with Crippen LogP contribution in [-0.4, -0.2) is 42.5 Å². The van der Waals surface area contributed by atoms with Crippen molar-refractivity contribution >= 4 is 6.03 Å². The van der Waals surface area contributed by atoms with Crippen molar-refractivity contribution in [3.63, 3.8) is 0 Å². The molecule has 0 aliphatic heterocycles. The minimum Gasteiger partial charge on any atom is -0.331 e. The Bertz CT molecular complexity index is 167. The van der Waals surface area contributed by atoms with Gasteiger partial charge in [-0.3, -0.25) is 0 Å². The molecule has 0 aromatic carbocycles. The number of hydrogen-bond donors (Lipinski definition) is 0. The number of unbranched alkanes of at least 4 members (excludes halogenated alkanes) is 2. The molecule has 0 radical (unpaired) electrons. The van der Waals surface area contributed by atoms with Crippen molar-refractivity contribution in [2.45, 2.75) is 46.1 Å². The van der Waals surface area contributed by atoms with Crippen molar-refractivity contribution < 1.29 is 4.79 Å². The Kier molecular flexibility index (Phi) is 6.34. The van der Waals surface area contributed by atoms with Crippen LogP contribution in [0.3, 0.4) is 0 Å². The fourth-order valence-corrected chi connectivity index (χ4v) is 1.36. The second-order valence-corrected chi connectivity index (χ2v) is 4.17. The van der Waals surface area contributed by atoms with E-state index in [0.29, 0.717) is 6.04 Å². The lowest BCUT2D eigenvalue weighted by atomic mass is 10.2. The molecule has 0 saturated heterocycles. The second kappa shape index (κ2) is 6.68. The van der Waals surface area contributed by atoms with Crippen LogP contribution in [0.2, 0.25) is 0 Å². The molecular formula is C11H24N2O. The molecule has 0 rings (SSSR count). The summed E-state index contributed by atoms with van der Waals surface area (Å²) >= 11 is 0. The summed E-state index contributed by atoms with van der Waals surface area (Å²) in [4.78, 5) is 15.3. The molecule has 3 nitrogen and oxygen atoms in total. The van der Waals surface area contributed by atoms with Crippen LogP contribution in [0.1, 0.15) is 40.0 Å². The highest BCUT2D eigenvalue weighted by molar-refractivity contribution is 5.74. The van der Waals surface area contributed by atoms with E-state index in [1.807, 2.05) is 4.90 Å². The van der Waals surface area contributed by atoms with Crippen LogP contribution in [0.5, 0.6) is 0 Å². The first-order chi connectivity index (χ1) is 6.50. The number of carbonyl (C=O) groups is 1. The largest absolute Gasteiger partial charge is 0.331 e. The van der Waals surface area contributed by atoms with Gasteiger partial charge in [0.25, 0.3) is 0 Å². The van der Waals surface area contributed by atoms with Gasteiger partial charge in [-0.25, -0.2) is 4.79 Å². The molecule has 84 valence electrons. The quantitative estimate of drug-likeness (QED) is 0.626. The maximum atomic E-state index is 11.7. The van der Waals surface area contributed by atoms with Crippen molar-refractivity contribution in [1.29, 1.82) is 0 Å². The predicted octanol–water partition coefficient (Wildman–Crippen LogP) is 2.57. The zero-order valence-electron chi connectivity index (χ0n) is 10.2. The molecule has 0 aliphatic rings. The van der Waals surface area contributed by atoms with Crippen molar-refractivity contribution in [3.05, 3.63) is 0 Å². The Morgan fingerprint density at radius 1 is 1.21 bits per heavy atom. The fourth-order valence-electron chi connectivity index (χ4n) is 1.36. The summed E-state index contributed by atoms with van der Waals surface area (Å²) in [5.41, 5.74) is 0. The number of rotatable bonds is 5. The van der Waals surface area contributed by atoms with Gasteiger partial charge in [-0.1, -0.05) is 19.8 Å². The summed E-state index contributed by atoms with van der Waals surface area (Å²) in [7, 11) is 3.61. The molecule has 0 atom stereocenters. The van der Waals surface area contributed by atoms with Crippen molar-refractivity contribution in [3.8, 4) is 0 Å². The molecule has 0 heterocycles. The molecule has 0 N–H and O–H groups in total. The van der Waals surface area contributed by atoms with Gasteiger partial charge in [0.2, 0.25) is 0 Å². The Morgan fingerprint density at radius 2 is 1.79 bits per heavy atom. The molecule has 3 heteroatoms. The standard InChI is InChI=1S/C11H24N2O/c1-6-7-8-9-13(10(2)3)11(14)12(4)5/h10H,6-9H2,1-5H3. The summed E-state index contributed by atoms with van der Waals surface area (Å²) in [6.45, 7) is 7.18. The summed E-state index contributed by atoms with van der Waals surface area (Å²) in [6, 6.07) is 0.415. The number of hydrogen-bond acceptors (Lipinski definition) is 1.